The van der Waals surface area contributed by atoms with E-state index in [0.717, 1.165) is 11.6 Å². The topological polar surface area (TPSA) is 150 Å². The first kappa shape index (κ1) is 24.7. The summed E-state index contributed by atoms with van der Waals surface area (Å²) < 4.78 is 5.73. The Balaban J connectivity index is 1.82. The molecule has 1 heterocycles. The van der Waals surface area contributed by atoms with E-state index in [1.807, 2.05) is 0 Å². The molecule has 0 radical (unpaired) electrons. The summed E-state index contributed by atoms with van der Waals surface area (Å²) in [6.45, 7) is 5.49. The van der Waals surface area contributed by atoms with Gasteiger partial charge in [0, 0.05) is 23.8 Å². The molecule has 0 spiro atoms. The van der Waals surface area contributed by atoms with Gasteiger partial charge in [-0.1, -0.05) is 30.3 Å². The van der Waals surface area contributed by atoms with Crippen LogP contribution >= 0.6 is 0 Å². The van der Waals surface area contributed by atoms with E-state index >= 15 is 0 Å². The molecule has 2 aromatic rings. The van der Waals surface area contributed by atoms with Crippen LogP contribution in [0.2, 0.25) is 0 Å². The van der Waals surface area contributed by atoms with Crippen LogP contribution in [0.25, 0.3) is 0 Å². The number of hydrogen-bond donors (Lipinski definition) is 4. The van der Waals surface area contributed by atoms with Crippen molar-refractivity contribution in [1.29, 1.82) is 0 Å². The van der Waals surface area contributed by atoms with Gasteiger partial charge in [0.05, 0.1) is 11.1 Å². The fourth-order valence-electron chi connectivity index (χ4n) is 4.75. The molecule has 9 nitrogen and oxygen atoms in total. The van der Waals surface area contributed by atoms with Gasteiger partial charge in [-0.3, -0.25) is 14.4 Å². The second kappa shape index (κ2) is 8.67. The zero-order valence-corrected chi connectivity index (χ0v) is 20.1. The fraction of sp³-hybridized carbons (Fsp3) is 0.259. The summed E-state index contributed by atoms with van der Waals surface area (Å²) in [5.41, 5.74) is -1.40. The van der Waals surface area contributed by atoms with E-state index in [1.54, 1.807) is 30.3 Å². The molecule has 36 heavy (non-hydrogen) atoms. The Morgan fingerprint density at radius 2 is 1.72 bits per heavy atom. The first-order valence-corrected chi connectivity index (χ1v) is 11.2. The van der Waals surface area contributed by atoms with Crippen LogP contribution in [0.1, 0.15) is 47.8 Å². The summed E-state index contributed by atoms with van der Waals surface area (Å²) in [7, 11) is 0. The van der Waals surface area contributed by atoms with Crippen LogP contribution in [-0.2, 0) is 26.2 Å². The number of ketones is 3. The number of fused-ring (bicyclic) bond motifs is 3. The van der Waals surface area contributed by atoms with E-state index < -0.39 is 46.3 Å². The maximum Gasteiger partial charge on any atom is 0.326 e. The van der Waals surface area contributed by atoms with Crippen molar-refractivity contribution in [3.63, 3.8) is 0 Å². The molecule has 0 aromatic heterocycles. The zero-order chi connectivity index (χ0) is 26.5. The number of carbonyl (C=O) groups is 4. The predicted molar refractivity (Wildman–Crippen MR) is 128 cm³/mol. The fourth-order valence-corrected chi connectivity index (χ4v) is 4.75. The molecule has 4 N–H and O–H groups in total. The number of Topliss-reactive ketones (excluding diaryl/α,β-unsaturated/α-hetero) is 2. The minimum Gasteiger partial charge on any atom is -0.507 e. The molecule has 1 aliphatic carbocycles. The molecular weight excluding hydrogens is 466 g/mol. The lowest BCUT2D eigenvalue weighted by molar-refractivity contribution is -0.139. The number of aliphatic carboxylic acids is 1. The Morgan fingerprint density at radius 1 is 1.08 bits per heavy atom. The van der Waals surface area contributed by atoms with Gasteiger partial charge in [0.15, 0.2) is 17.3 Å². The second-order valence-electron chi connectivity index (χ2n) is 9.11. The van der Waals surface area contributed by atoms with Crippen molar-refractivity contribution < 1.29 is 39.2 Å². The number of phenols is 2. The predicted octanol–water partition coefficient (Wildman–Crippen LogP) is 2.85. The normalized spacial score (nSPS) is 20.6. The summed E-state index contributed by atoms with van der Waals surface area (Å²) in [4.78, 5) is 51.1. The lowest BCUT2D eigenvalue weighted by Crippen LogP contribution is -2.43. The van der Waals surface area contributed by atoms with E-state index in [-0.39, 0.29) is 45.9 Å². The third kappa shape index (κ3) is 3.64. The number of carboxylic acid groups (broad SMARTS) is 1. The number of carbonyl (C=O) groups excluding carboxylic acids is 3. The maximum absolute atomic E-state index is 13.8. The molecule has 0 bridgehead atoms. The van der Waals surface area contributed by atoms with Crippen molar-refractivity contribution in [3.8, 4) is 17.2 Å². The van der Waals surface area contributed by atoms with Gasteiger partial charge >= 0.3 is 5.97 Å². The highest BCUT2D eigenvalue weighted by Crippen LogP contribution is 2.57. The highest BCUT2D eigenvalue weighted by atomic mass is 16.5. The Bertz CT molecular complexity index is 1400. The van der Waals surface area contributed by atoms with E-state index in [2.05, 4.69) is 5.32 Å². The smallest absolute Gasteiger partial charge is 0.326 e. The maximum atomic E-state index is 13.8. The summed E-state index contributed by atoms with van der Waals surface area (Å²) in [5.74, 6) is -4.33. The number of benzene rings is 2. The van der Waals surface area contributed by atoms with Gasteiger partial charge in [-0.05, 0) is 33.3 Å². The largest absolute Gasteiger partial charge is 0.507 e. The minimum atomic E-state index is -1.67. The molecule has 2 atom stereocenters. The Hall–Kier alpha value is -4.40. The van der Waals surface area contributed by atoms with Crippen LogP contribution in [0.15, 0.2) is 53.4 Å². The van der Waals surface area contributed by atoms with Gasteiger partial charge in [-0.2, -0.15) is 0 Å². The van der Waals surface area contributed by atoms with Crippen molar-refractivity contribution >= 4 is 23.3 Å². The molecule has 0 amide bonds. The molecule has 0 fully saturated rings. The lowest BCUT2D eigenvalue weighted by Gasteiger charge is -2.29. The molecule has 1 aliphatic heterocycles. The first-order valence-electron chi connectivity index (χ1n) is 11.2. The van der Waals surface area contributed by atoms with E-state index in [0.29, 0.717) is 0 Å². The molecule has 0 saturated heterocycles. The highest BCUT2D eigenvalue weighted by molar-refractivity contribution is 6.31. The third-order valence-electron chi connectivity index (χ3n) is 6.73. The number of aromatic hydroxyl groups is 2. The molecular formula is C27H25NO8. The molecule has 0 unspecified atom stereocenters. The molecule has 4 rings (SSSR count). The number of carboxylic acids is 1. The summed E-state index contributed by atoms with van der Waals surface area (Å²) in [6, 6.07) is 7.78. The van der Waals surface area contributed by atoms with Crippen LogP contribution in [0.5, 0.6) is 17.2 Å². The van der Waals surface area contributed by atoms with E-state index in [4.69, 9.17) is 4.74 Å². The van der Waals surface area contributed by atoms with Crippen LogP contribution in [0.4, 0.5) is 0 Å². The molecule has 2 aromatic carbocycles. The van der Waals surface area contributed by atoms with Gasteiger partial charge < -0.3 is 25.4 Å². The van der Waals surface area contributed by atoms with Crippen molar-refractivity contribution in [2.75, 3.05) is 0 Å². The number of phenolic OH excluding ortho intramolecular Hbond substituents is 2. The Morgan fingerprint density at radius 3 is 2.31 bits per heavy atom. The molecule has 0 saturated carbocycles. The van der Waals surface area contributed by atoms with Gasteiger partial charge in [0.1, 0.15) is 40.0 Å². The monoisotopic (exact) mass is 491 g/mol. The van der Waals surface area contributed by atoms with Crippen LogP contribution in [0, 0.1) is 6.92 Å². The quantitative estimate of drug-likeness (QED) is 0.272. The first-order chi connectivity index (χ1) is 16.9. The van der Waals surface area contributed by atoms with Crippen LogP contribution < -0.4 is 10.1 Å². The van der Waals surface area contributed by atoms with Crippen LogP contribution in [0.3, 0.4) is 0 Å². The average molecular weight is 491 g/mol. The lowest BCUT2D eigenvalue weighted by atomic mass is 9.70. The van der Waals surface area contributed by atoms with Gasteiger partial charge in [0.2, 0.25) is 0 Å². The van der Waals surface area contributed by atoms with Crippen molar-refractivity contribution in [3.05, 3.63) is 75.7 Å². The van der Waals surface area contributed by atoms with Crippen molar-refractivity contribution in [2.45, 2.75) is 45.6 Å². The summed E-state index contributed by atoms with van der Waals surface area (Å²) in [5, 5.41) is 33.9. The highest BCUT2D eigenvalue weighted by Gasteiger charge is 2.56. The Labute approximate surface area is 206 Å². The number of hydrogen-bond acceptors (Lipinski definition) is 8. The molecule has 2 aliphatic rings. The van der Waals surface area contributed by atoms with E-state index in [1.165, 1.54) is 27.7 Å². The van der Waals surface area contributed by atoms with Gasteiger partial charge in [0.25, 0.3) is 0 Å². The van der Waals surface area contributed by atoms with Gasteiger partial charge in [-0.25, -0.2) is 4.79 Å². The summed E-state index contributed by atoms with van der Waals surface area (Å²) >= 11 is 0. The third-order valence-corrected chi connectivity index (χ3v) is 6.73. The molecule has 186 valence electrons. The number of nitrogens with one attached hydrogen (secondary N) is 1. The number of rotatable bonds is 6. The van der Waals surface area contributed by atoms with Crippen molar-refractivity contribution in [1.82, 2.24) is 5.32 Å². The second-order valence-corrected chi connectivity index (χ2v) is 9.11. The minimum absolute atomic E-state index is 0.0103. The zero-order valence-electron chi connectivity index (χ0n) is 20.1. The average Bonchev–Trinajstić information content (AvgIpc) is 3.10. The molecule has 9 heteroatoms. The SMILES string of the molecule is CC(=O)c1c(O)c(C)c(O)c2c1OC1=CC(=O)/C(=C(/C)N[C@@H](Cc3ccccc3)C(=O)O)C(=O)[C@]12C. The van der Waals surface area contributed by atoms with Gasteiger partial charge in [-0.15, -0.1) is 0 Å². The van der Waals surface area contributed by atoms with Crippen LogP contribution in [-0.4, -0.2) is 44.7 Å². The summed E-state index contributed by atoms with van der Waals surface area (Å²) in [6.07, 6.45) is 1.19. The standard InChI is InChI=1S/C27H25NO8/c1-12-22(31)20(14(3)29)24-21(23(12)32)27(4)18(36-24)11-17(30)19(25(27)33)13(2)28-16(26(34)35)10-15-8-6-5-7-9-15/h5-9,11,16,28,31-32H,10H2,1-4H3,(H,34,35)/b19-13+/t16-,27+/m0/s1. The Kier molecular flexibility index (Phi) is 5.95. The van der Waals surface area contributed by atoms with E-state index in [9.17, 15) is 34.5 Å². The van der Waals surface area contributed by atoms with Crippen molar-refractivity contribution in [2.24, 2.45) is 0 Å². The number of ether oxygens (including phenoxy) is 1. The number of allylic oxidation sites excluding steroid dienone is 4.